The van der Waals surface area contributed by atoms with Crippen LogP contribution in [0.5, 0.6) is 0 Å². The smallest absolute Gasteiger partial charge is 0.0831 e. The molecule has 0 radical (unpaired) electrons. The van der Waals surface area contributed by atoms with E-state index in [0.717, 1.165) is 11.3 Å². The minimum absolute atomic E-state index is 0.103. The van der Waals surface area contributed by atoms with Gasteiger partial charge in [0, 0.05) is 11.8 Å². The van der Waals surface area contributed by atoms with E-state index < -0.39 is 6.04 Å². The first kappa shape index (κ1) is 11.1. The van der Waals surface area contributed by atoms with Crippen LogP contribution >= 0.6 is 11.6 Å². The summed E-state index contributed by atoms with van der Waals surface area (Å²) in [6.07, 6.45) is 3.40. The minimum atomic E-state index is -0.406. The molecule has 0 bridgehead atoms. The summed E-state index contributed by atoms with van der Waals surface area (Å²) in [6.45, 7) is -0.103. The Morgan fingerprint density at radius 2 is 2.19 bits per heavy atom. The molecule has 4 nitrogen and oxygen atoms in total. The monoisotopic (exact) mass is 237 g/mol. The molecule has 0 fully saturated rings. The van der Waals surface area contributed by atoms with Crippen molar-refractivity contribution in [2.45, 2.75) is 6.04 Å². The first-order chi connectivity index (χ1) is 7.72. The molecule has 0 aliphatic carbocycles. The van der Waals surface area contributed by atoms with E-state index in [4.69, 9.17) is 22.4 Å². The molecule has 1 heterocycles. The summed E-state index contributed by atoms with van der Waals surface area (Å²) in [5.41, 5.74) is 7.26. The first-order valence-electron chi connectivity index (χ1n) is 4.88. The second-order valence-electron chi connectivity index (χ2n) is 3.46. The predicted octanol–water partition coefficient (Wildman–Crippen LogP) is 1.52. The highest BCUT2D eigenvalue weighted by Crippen LogP contribution is 2.20. The Balaban J connectivity index is 2.35. The Bertz CT molecular complexity index is 484. The van der Waals surface area contributed by atoms with E-state index in [9.17, 15) is 0 Å². The number of nitrogens with zero attached hydrogens (tertiary/aromatic N) is 2. The molecule has 1 unspecified atom stereocenters. The molecule has 2 aromatic rings. The van der Waals surface area contributed by atoms with E-state index in [0.29, 0.717) is 5.02 Å². The minimum Gasteiger partial charge on any atom is -0.394 e. The molecule has 0 saturated heterocycles. The fourth-order valence-corrected chi connectivity index (χ4v) is 1.63. The van der Waals surface area contributed by atoms with Crippen LogP contribution in [-0.2, 0) is 0 Å². The third-order valence-electron chi connectivity index (χ3n) is 2.33. The van der Waals surface area contributed by atoms with Gasteiger partial charge in [0.25, 0.3) is 0 Å². The van der Waals surface area contributed by atoms with E-state index in [2.05, 4.69) is 5.10 Å². The summed E-state index contributed by atoms with van der Waals surface area (Å²) in [4.78, 5) is 0. The van der Waals surface area contributed by atoms with Gasteiger partial charge in [-0.2, -0.15) is 5.10 Å². The highest BCUT2D eigenvalue weighted by Gasteiger charge is 2.09. The molecule has 16 heavy (non-hydrogen) atoms. The van der Waals surface area contributed by atoms with Crippen molar-refractivity contribution in [1.82, 2.24) is 9.78 Å². The van der Waals surface area contributed by atoms with Crippen LogP contribution in [0.2, 0.25) is 5.02 Å². The van der Waals surface area contributed by atoms with Crippen LogP contribution in [0.25, 0.3) is 5.69 Å². The molecule has 1 aromatic heterocycles. The van der Waals surface area contributed by atoms with E-state index in [-0.39, 0.29) is 6.61 Å². The highest BCUT2D eigenvalue weighted by molar-refractivity contribution is 6.32. The lowest BCUT2D eigenvalue weighted by atomic mass is 10.2. The summed E-state index contributed by atoms with van der Waals surface area (Å²) in [7, 11) is 0. The van der Waals surface area contributed by atoms with Crippen LogP contribution in [0.3, 0.4) is 0 Å². The van der Waals surface area contributed by atoms with Gasteiger partial charge >= 0.3 is 0 Å². The van der Waals surface area contributed by atoms with Crippen LogP contribution in [0.4, 0.5) is 0 Å². The van der Waals surface area contributed by atoms with E-state index >= 15 is 0 Å². The summed E-state index contributed by atoms with van der Waals surface area (Å²) >= 11 is 6.04. The fourth-order valence-electron chi connectivity index (χ4n) is 1.40. The maximum absolute atomic E-state index is 8.93. The third-order valence-corrected chi connectivity index (χ3v) is 2.65. The number of aromatic nitrogens is 2. The maximum atomic E-state index is 8.93. The quantitative estimate of drug-likeness (QED) is 0.851. The van der Waals surface area contributed by atoms with Crippen molar-refractivity contribution >= 4 is 11.6 Å². The topological polar surface area (TPSA) is 64.1 Å². The molecule has 0 spiro atoms. The molecular weight excluding hydrogens is 226 g/mol. The second kappa shape index (κ2) is 4.65. The standard InChI is InChI=1S/C11H12ClN3O/c12-9-3-1-2-4-11(9)15-6-8(5-14-15)10(13)7-16/h1-6,10,16H,7,13H2. The Kier molecular flexibility index (Phi) is 3.24. The van der Waals surface area contributed by atoms with Crippen molar-refractivity contribution in [1.29, 1.82) is 0 Å². The van der Waals surface area contributed by atoms with Crippen molar-refractivity contribution in [2.75, 3.05) is 6.61 Å². The molecule has 2 rings (SSSR count). The number of aliphatic hydroxyl groups excluding tert-OH is 1. The normalized spacial score (nSPS) is 12.7. The summed E-state index contributed by atoms with van der Waals surface area (Å²) in [5, 5.41) is 13.7. The molecule has 5 heteroatoms. The predicted molar refractivity (Wildman–Crippen MR) is 62.6 cm³/mol. The number of hydrogen-bond acceptors (Lipinski definition) is 3. The zero-order valence-electron chi connectivity index (χ0n) is 8.55. The Morgan fingerprint density at radius 1 is 1.44 bits per heavy atom. The lowest BCUT2D eigenvalue weighted by Crippen LogP contribution is -2.13. The van der Waals surface area contributed by atoms with Crippen LogP contribution in [0.1, 0.15) is 11.6 Å². The average molecular weight is 238 g/mol. The molecule has 0 amide bonds. The summed E-state index contributed by atoms with van der Waals surface area (Å²) in [6, 6.07) is 6.99. The van der Waals surface area contributed by atoms with Gasteiger partial charge in [0.05, 0.1) is 29.6 Å². The van der Waals surface area contributed by atoms with Crippen molar-refractivity contribution in [2.24, 2.45) is 5.73 Å². The molecule has 0 aliphatic rings. The Labute approximate surface area is 98.3 Å². The molecular formula is C11H12ClN3O. The molecule has 84 valence electrons. The van der Waals surface area contributed by atoms with Crippen LogP contribution in [0, 0.1) is 0 Å². The van der Waals surface area contributed by atoms with E-state index in [1.165, 1.54) is 0 Å². The van der Waals surface area contributed by atoms with Crippen LogP contribution in [-0.4, -0.2) is 21.5 Å². The highest BCUT2D eigenvalue weighted by atomic mass is 35.5. The lowest BCUT2D eigenvalue weighted by molar-refractivity contribution is 0.268. The van der Waals surface area contributed by atoms with Gasteiger partial charge < -0.3 is 10.8 Å². The van der Waals surface area contributed by atoms with Gasteiger partial charge in [-0.1, -0.05) is 23.7 Å². The zero-order valence-corrected chi connectivity index (χ0v) is 9.30. The molecule has 0 aliphatic heterocycles. The number of para-hydroxylation sites is 1. The largest absolute Gasteiger partial charge is 0.394 e. The van der Waals surface area contributed by atoms with Crippen LogP contribution in [0.15, 0.2) is 36.7 Å². The van der Waals surface area contributed by atoms with Gasteiger partial charge in [-0.05, 0) is 12.1 Å². The SMILES string of the molecule is NC(CO)c1cnn(-c2ccccc2Cl)c1. The Hall–Kier alpha value is -1.36. The number of halogens is 1. The number of benzene rings is 1. The Morgan fingerprint density at radius 3 is 2.88 bits per heavy atom. The second-order valence-corrected chi connectivity index (χ2v) is 3.87. The van der Waals surface area contributed by atoms with Gasteiger partial charge in [-0.25, -0.2) is 4.68 Å². The zero-order chi connectivity index (χ0) is 11.5. The van der Waals surface area contributed by atoms with Crippen molar-refractivity contribution in [3.63, 3.8) is 0 Å². The van der Waals surface area contributed by atoms with Gasteiger partial charge in [-0.3, -0.25) is 0 Å². The van der Waals surface area contributed by atoms with Crippen LogP contribution < -0.4 is 5.73 Å². The maximum Gasteiger partial charge on any atom is 0.0831 e. The van der Waals surface area contributed by atoms with Crippen molar-refractivity contribution < 1.29 is 5.11 Å². The summed E-state index contributed by atoms with van der Waals surface area (Å²) in [5.74, 6) is 0. The molecule has 3 N–H and O–H groups in total. The lowest BCUT2D eigenvalue weighted by Gasteiger charge is -2.04. The van der Waals surface area contributed by atoms with E-state index in [1.54, 1.807) is 23.1 Å². The van der Waals surface area contributed by atoms with Gasteiger partial charge in [0.1, 0.15) is 0 Å². The van der Waals surface area contributed by atoms with Gasteiger partial charge in [0.2, 0.25) is 0 Å². The van der Waals surface area contributed by atoms with Gasteiger partial charge in [0.15, 0.2) is 0 Å². The summed E-state index contributed by atoms with van der Waals surface area (Å²) < 4.78 is 1.65. The van der Waals surface area contributed by atoms with Crippen molar-refractivity contribution in [3.8, 4) is 5.69 Å². The number of hydrogen-bond donors (Lipinski definition) is 2. The molecule has 0 saturated carbocycles. The average Bonchev–Trinajstić information content (AvgIpc) is 2.78. The van der Waals surface area contributed by atoms with Gasteiger partial charge in [-0.15, -0.1) is 0 Å². The van der Waals surface area contributed by atoms with E-state index in [1.807, 2.05) is 18.2 Å². The fraction of sp³-hybridized carbons (Fsp3) is 0.182. The molecule has 1 aromatic carbocycles. The number of nitrogens with two attached hydrogens (primary N) is 1. The number of aliphatic hydroxyl groups is 1. The first-order valence-corrected chi connectivity index (χ1v) is 5.26. The third kappa shape index (κ3) is 2.09. The molecule has 1 atom stereocenters. The number of rotatable bonds is 3. The van der Waals surface area contributed by atoms with Crippen molar-refractivity contribution in [3.05, 3.63) is 47.2 Å².